The number of carbonyl (C=O) groups is 1. The summed E-state index contributed by atoms with van der Waals surface area (Å²) in [6.45, 7) is 2.00. The number of nitrogens with zero attached hydrogens (tertiary/aromatic N) is 1. The maximum Gasteiger partial charge on any atom is 0.341 e. The molecule has 5 nitrogen and oxygen atoms in total. The first-order chi connectivity index (χ1) is 17.5. The molecule has 1 aliphatic rings. The number of benzene rings is 4. The largest absolute Gasteiger partial charge is 0.497 e. The van der Waals surface area contributed by atoms with Crippen molar-refractivity contribution in [2.75, 3.05) is 12.0 Å². The van der Waals surface area contributed by atoms with Crippen LogP contribution in [0.15, 0.2) is 97.1 Å². The van der Waals surface area contributed by atoms with Gasteiger partial charge in [-0.25, -0.2) is 4.79 Å². The van der Waals surface area contributed by atoms with Gasteiger partial charge in [0.1, 0.15) is 5.75 Å². The number of methoxy groups -OCH3 is 1. The molecule has 36 heavy (non-hydrogen) atoms. The number of rotatable bonds is 5. The maximum atomic E-state index is 13.5. The first kappa shape index (κ1) is 22.3. The number of halogens is 1. The Balaban J connectivity index is 1.76. The third kappa shape index (κ3) is 3.20. The van der Waals surface area contributed by atoms with Crippen molar-refractivity contribution >= 4 is 39.8 Å². The second kappa shape index (κ2) is 8.47. The smallest absolute Gasteiger partial charge is 0.341 e. The number of aryl methyl sites for hydroxylation is 1. The number of hydrogen-bond donors (Lipinski definition) is 1. The van der Waals surface area contributed by atoms with Crippen molar-refractivity contribution in [2.45, 2.75) is 12.6 Å². The van der Waals surface area contributed by atoms with E-state index in [0.29, 0.717) is 16.3 Å². The summed E-state index contributed by atoms with van der Waals surface area (Å²) in [6, 6.07) is 30.8. The van der Waals surface area contributed by atoms with Crippen molar-refractivity contribution in [1.29, 1.82) is 0 Å². The van der Waals surface area contributed by atoms with Crippen LogP contribution in [0.3, 0.4) is 0 Å². The monoisotopic (exact) mass is 494 g/mol. The number of hydrogen-bond acceptors (Lipinski definition) is 4. The van der Waals surface area contributed by atoms with Crippen LogP contribution in [0.4, 0.5) is 11.4 Å². The number of nitrogens with one attached hydrogen (secondary N) is 1. The summed E-state index contributed by atoms with van der Waals surface area (Å²) < 4.78 is 11.9. The molecule has 4 aromatic carbocycles. The normalized spacial score (nSPS) is 16.6. The number of H-pyrrole nitrogens is 1. The van der Waals surface area contributed by atoms with Gasteiger partial charge >= 0.3 is 5.97 Å². The lowest BCUT2D eigenvalue weighted by molar-refractivity contribution is 0.0137. The van der Waals surface area contributed by atoms with E-state index in [0.717, 1.165) is 39.2 Å². The Hall–Kier alpha value is -4.22. The predicted molar refractivity (Wildman–Crippen MR) is 142 cm³/mol. The molecule has 6 heteroatoms. The van der Waals surface area contributed by atoms with E-state index < -0.39 is 5.72 Å². The standard InChI is InChI=1S/C30H23ClN2O3/c1-19-28(23-10-4-7-13-26(23)32-19)30(24-11-5-3-9-22(24)29(34)36-30)33(27-14-8-6-12-25(27)31)20-15-17-21(35-2)18-16-20/h3-18,32H,1-2H3. The van der Waals surface area contributed by atoms with Gasteiger partial charge in [0, 0.05) is 27.8 Å². The zero-order valence-corrected chi connectivity index (χ0v) is 20.5. The Kier molecular flexibility index (Phi) is 5.23. The van der Waals surface area contributed by atoms with Gasteiger partial charge in [-0.15, -0.1) is 0 Å². The predicted octanol–water partition coefficient (Wildman–Crippen LogP) is 7.35. The fourth-order valence-corrected chi connectivity index (χ4v) is 5.45. The van der Waals surface area contributed by atoms with Crippen molar-refractivity contribution in [3.8, 4) is 5.75 Å². The first-order valence-electron chi connectivity index (χ1n) is 11.6. The fourth-order valence-electron chi connectivity index (χ4n) is 5.23. The highest BCUT2D eigenvalue weighted by Gasteiger charge is 2.54. The molecule has 0 saturated heterocycles. The maximum absolute atomic E-state index is 13.5. The number of ether oxygens (including phenoxy) is 2. The molecule has 0 fully saturated rings. The molecule has 0 spiro atoms. The van der Waals surface area contributed by atoms with Gasteiger partial charge in [-0.3, -0.25) is 4.90 Å². The molecular weight excluding hydrogens is 472 g/mol. The zero-order chi connectivity index (χ0) is 24.9. The average molecular weight is 495 g/mol. The highest BCUT2D eigenvalue weighted by molar-refractivity contribution is 6.33. The molecule has 1 aromatic heterocycles. The minimum atomic E-state index is -1.32. The molecule has 0 amide bonds. The Morgan fingerprint density at radius 2 is 1.58 bits per heavy atom. The third-order valence-electron chi connectivity index (χ3n) is 6.72. The Bertz CT molecular complexity index is 1610. The Morgan fingerprint density at radius 1 is 0.889 bits per heavy atom. The lowest BCUT2D eigenvalue weighted by Gasteiger charge is -2.42. The van der Waals surface area contributed by atoms with Gasteiger partial charge in [-0.2, -0.15) is 0 Å². The molecule has 1 N–H and O–H groups in total. The molecule has 0 saturated carbocycles. The van der Waals surface area contributed by atoms with E-state index >= 15 is 0 Å². The van der Waals surface area contributed by atoms with E-state index in [-0.39, 0.29) is 5.97 Å². The van der Waals surface area contributed by atoms with Crippen LogP contribution >= 0.6 is 11.6 Å². The summed E-state index contributed by atoms with van der Waals surface area (Å²) in [6.07, 6.45) is 0. The van der Waals surface area contributed by atoms with Crippen LogP contribution in [-0.4, -0.2) is 18.1 Å². The van der Waals surface area contributed by atoms with Gasteiger partial charge in [0.2, 0.25) is 5.72 Å². The van der Waals surface area contributed by atoms with E-state index in [1.807, 2.05) is 109 Å². The quantitative estimate of drug-likeness (QED) is 0.259. The highest BCUT2D eigenvalue weighted by Crippen LogP contribution is 2.53. The van der Waals surface area contributed by atoms with Crippen LogP contribution in [0.5, 0.6) is 5.75 Å². The van der Waals surface area contributed by atoms with Gasteiger partial charge < -0.3 is 14.5 Å². The first-order valence-corrected chi connectivity index (χ1v) is 12.0. The molecule has 5 aromatic rings. The van der Waals surface area contributed by atoms with Gasteiger partial charge in [-0.05, 0) is 55.5 Å². The molecule has 6 rings (SSSR count). The SMILES string of the molecule is COc1ccc(N(c2ccccc2Cl)C2(c3c(C)[nH]c4ccccc34)OC(=O)c3ccccc32)cc1. The van der Waals surface area contributed by atoms with Crippen LogP contribution in [0, 0.1) is 6.92 Å². The van der Waals surface area contributed by atoms with Crippen LogP contribution in [0.1, 0.15) is 27.2 Å². The van der Waals surface area contributed by atoms with E-state index in [1.54, 1.807) is 7.11 Å². The van der Waals surface area contributed by atoms with Gasteiger partial charge in [0.15, 0.2) is 0 Å². The van der Waals surface area contributed by atoms with Crippen molar-refractivity contribution in [3.63, 3.8) is 0 Å². The molecule has 178 valence electrons. The number of anilines is 2. The Morgan fingerprint density at radius 3 is 2.36 bits per heavy atom. The summed E-state index contributed by atoms with van der Waals surface area (Å²) in [7, 11) is 1.63. The fraction of sp³-hybridized carbons (Fsp3) is 0.100. The van der Waals surface area contributed by atoms with Gasteiger partial charge in [0.25, 0.3) is 0 Å². The van der Waals surface area contributed by atoms with Gasteiger partial charge in [0.05, 0.1) is 28.9 Å². The van der Waals surface area contributed by atoms with E-state index in [1.165, 1.54) is 0 Å². The molecular formula is C30H23ClN2O3. The molecule has 1 aliphatic heterocycles. The summed E-state index contributed by atoms with van der Waals surface area (Å²) >= 11 is 6.84. The number of aromatic amines is 1. The van der Waals surface area contributed by atoms with Crippen molar-refractivity contribution in [1.82, 2.24) is 4.98 Å². The molecule has 1 unspecified atom stereocenters. The number of fused-ring (bicyclic) bond motifs is 2. The minimum Gasteiger partial charge on any atom is -0.497 e. The molecule has 0 bridgehead atoms. The lowest BCUT2D eigenvalue weighted by atomic mass is 9.88. The van der Waals surface area contributed by atoms with Crippen LogP contribution in [0.25, 0.3) is 10.9 Å². The number of cyclic esters (lactones) is 1. The summed E-state index contributed by atoms with van der Waals surface area (Å²) in [5.74, 6) is 0.333. The number of esters is 1. The van der Waals surface area contributed by atoms with E-state index in [9.17, 15) is 4.79 Å². The van der Waals surface area contributed by atoms with Gasteiger partial charge in [-0.1, -0.05) is 60.1 Å². The topological polar surface area (TPSA) is 54.6 Å². The summed E-state index contributed by atoms with van der Waals surface area (Å²) in [5, 5.41) is 1.50. The van der Waals surface area contributed by atoms with E-state index in [4.69, 9.17) is 21.1 Å². The van der Waals surface area contributed by atoms with Crippen molar-refractivity contribution in [2.24, 2.45) is 0 Å². The van der Waals surface area contributed by atoms with E-state index in [2.05, 4.69) is 4.98 Å². The van der Waals surface area contributed by atoms with Crippen molar-refractivity contribution in [3.05, 3.63) is 124 Å². The number of aromatic nitrogens is 1. The molecule has 2 heterocycles. The van der Waals surface area contributed by atoms with Crippen molar-refractivity contribution < 1.29 is 14.3 Å². The lowest BCUT2D eigenvalue weighted by Crippen LogP contribution is -2.45. The second-order valence-electron chi connectivity index (χ2n) is 8.73. The van der Waals surface area contributed by atoms with Crippen LogP contribution < -0.4 is 9.64 Å². The minimum absolute atomic E-state index is 0.388. The number of para-hydroxylation sites is 2. The Labute approximate surface area is 213 Å². The average Bonchev–Trinajstić information content (AvgIpc) is 3.40. The highest BCUT2D eigenvalue weighted by atomic mass is 35.5. The summed E-state index contributed by atoms with van der Waals surface area (Å²) in [5.41, 5.74) is 4.15. The zero-order valence-electron chi connectivity index (χ0n) is 19.8. The van der Waals surface area contributed by atoms with Crippen LogP contribution in [-0.2, 0) is 10.5 Å². The molecule has 0 radical (unpaired) electrons. The third-order valence-corrected chi connectivity index (χ3v) is 7.04. The second-order valence-corrected chi connectivity index (χ2v) is 9.14. The molecule has 0 aliphatic carbocycles. The number of carbonyl (C=O) groups excluding carboxylic acids is 1. The molecule has 1 atom stereocenters. The van der Waals surface area contributed by atoms with Crippen LogP contribution in [0.2, 0.25) is 5.02 Å². The summed E-state index contributed by atoms with van der Waals surface area (Å²) in [4.78, 5) is 19.0.